The minimum Gasteiger partial charge on any atom is -0.463 e. The number of hydrogen-bond donors (Lipinski definition) is 2. The molecule has 36 heavy (non-hydrogen) atoms. The molecule has 0 saturated heterocycles. The summed E-state index contributed by atoms with van der Waals surface area (Å²) in [6.45, 7) is 1.73. The van der Waals surface area contributed by atoms with Crippen LogP contribution >= 0.6 is 0 Å². The topological polar surface area (TPSA) is 106 Å². The van der Waals surface area contributed by atoms with Gasteiger partial charge in [0.05, 0.1) is 17.4 Å². The van der Waals surface area contributed by atoms with Crippen LogP contribution in [0.5, 0.6) is 0 Å². The molecule has 2 N–H and O–H groups in total. The van der Waals surface area contributed by atoms with E-state index < -0.39 is 40.5 Å². The van der Waals surface area contributed by atoms with Gasteiger partial charge < -0.3 is 9.73 Å². The van der Waals surface area contributed by atoms with Crippen LogP contribution in [0.2, 0.25) is 0 Å². The molecule has 3 aromatic heterocycles. The van der Waals surface area contributed by atoms with Gasteiger partial charge in [-0.05, 0) is 36.8 Å². The summed E-state index contributed by atoms with van der Waals surface area (Å²) in [5.41, 5.74) is -4.22. The van der Waals surface area contributed by atoms with Crippen LogP contribution < -0.4 is 10.9 Å². The number of aromatic nitrogens is 4. The molecule has 0 bridgehead atoms. The number of halogens is 6. The van der Waals surface area contributed by atoms with Crippen molar-refractivity contribution < 1.29 is 35.6 Å². The summed E-state index contributed by atoms with van der Waals surface area (Å²) in [6.07, 6.45) is -8.55. The van der Waals surface area contributed by atoms with Crippen molar-refractivity contribution in [1.29, 1.82) is 0 Å². The van der Waals surface area contributed by atoms with Crippen LogP contribution in [0.25, 0.3) is 17.4 Å². The number of hydrogen-bond acceptors (Lipinski definition) is 5. The minimum atomic E-state index is -5.13. The van der Waals surface area contributed by atoms with Crippen molar-refractivity contribution >= 4 is 11.7 Å². The first kappa shape index (κ1) is 24.8. The highest BCUT2D eigenvalue weighted by Gasteiger charge is 2.37. The van der Waals surface area contributed by atoms with Gasteiger partial charge in [-0.1, -0.05) is 6.92 Å². The molecule has 0 spiro atoms. The molecule has 4 rings (SSSR count). The number of aryl methyl sites for hydroxylation is 1. The van der Waals surface area contributed by atoms with Gasteiger partial charge in [-0.15, -0.1) is 0 Å². The molecule has 8 nitrogen and oxygen atoms in total. The number of carbonyl (C=O) groups is 1. The predicted octanol–water partition coefficient (Wildman–Crippen LogP) is 5.07. The Labute approximate surface area is 197 Å². The lowest BCUT2D eigenvalue weighted by Gasteiger charge is -2.14. The third kappa shape index (κ3) is 5.16. The molecule has 4 aromatic rings. The van der Waals surface area contributed by atoms with E-state index in [0.29, 0.717) is 24.2 Å². The Morgan fingerprint density at radius 2 is 1.72 bits per heavy atom. The van der Waals surface area contributed by atoms with E-state index in [1.165, 1.54) is 24.5 Å². The maximum atomic E-state index is 13.2. The molecule has 0 aliphatic carbocycles. The number of carbonyl (C=O) groups excluding carboxylic acids is 1. The zero-order chi connectivity index (χ0) is 26.3. The van der Waals surface area contributed by atoms with Crippen LogP contribution in [0.1, 0.15) is 34.1 Å². The van der Waals surface area contributed by atoms with Crippen molar-refractivity contribution in [3.05, 3.63) is 81.5 Å². The molecule has 0 fully saturated rings. The van der Waals surface area contributed by atoms with Gasteiger partial charge in [-0.3, -0.25) is 14.6 Å². The number of furan rings is 1. The van der Waals surface area contributed by atoms with Crippen molar-refractivity contribution in [3.63, 3.8) is 0 Å². The average Bonchev–Trinajstić information content (AvgIpc) is 3.47. The Morgan fingerprint density at radius 1 is 1.06 bits per heavy atom. The summed E-state index contributed by atoms with van der Waals surface area (Å²) < 4.78 is 85.5. The molecule has 0 aliphatic heterocycles. The highest BCUT2D eigenvalue weighted by molar-refractivity contribution is 6.04. The number of anilines is 1. The third-order valence-electron chi connectivity index (χ3n) is 4.92. The average molecular weight is 511 g/mol. The molecule has 3 heterocycles. The first-order valence-electron chi connectivity index (χ1n) is 10.2. The van der Waals surface area contributed by atoms with Gasteiger partial charge in [0, 0.05) is 23.4 Å². The second-order valence-corrected chi connectivity index (χ2v) is 7.47. The van der Waals surface area contributed by atoms with Crippen molar-refractivity contribution in [2.75, 3.05) is 5.32 Å². The highest BCUT2D eigenvalue weighted by Crippen LogP contribution is 2.36. The number of H-pyrrole nitrogens is 1. The van der Waals surface area contributed by atoms with Crippen LogP contribution in [-0.2, 0) is 18.8 Å². The standard InChI is InChI=1S/C22H15F6N5O3/c1-2-14-9-18(34)31-20(29-14)33-17(10-15(32-33)16-4-3-5-36-16)30-19(35)11-6-12(21(23,24)25)8-13(7-11)22(26,27)28/h3-10H,2H2,1H3,(H,30,35)(H,29,31,34). The highest BCUT2D eigenvalue weighted by atomic mass is 19.4. The maximum absolute atomic E-state index is 13.2. The lowest BCUT2D eigenvalue weighted by molar-refractivity contribution is -0.143. The van der Waals surface area contributed by atoms with E-state index in [0.717, 1.165) is 4.68 Å². The number of rotatable bonds is 5. The van der Waals surface area contributed by atoms with E-state index >= 15 is 0 Å². The fourth-order valence-corrected chi connectivity index (χ4v) is 3.23. The molecule has 0 radical (unpaired) electrons. The molecule has 14 heteroatoms. The second-order valence-electron chi connectivity index (χ2n) is 7.47. The van der Waals surface area contributed by atoms with Crippen molar-refractivity contribution in [2.45, 2.75) is 25.7 Å². The van der Waals surface area contributed by atoms with Gasteiger partial charge in [0.15, 0.2) is 5.76 Å². The van der Waals surface area contributed by atoms with Crippen molar-refractivity contribution in [2.24, 2.45) is 0 Å². The lowest BCUT2D eigenvalue weighted by atomic mass is 10.0. The minimum absolute atomic E-state index is 0.0824. The van der Waals surface area contributed by atoms with Gasteiger partial charge in [0.1, 0.15) is 11.5 Å². The normalized spacial score (nSPS) is 12.1. The second kappa shape index (κ2) is 9.02. The summed E-state index contributed by atoms with van der Waals surface area (Å²) in [5, 5.41) is 6.46. The summed E-state index contributed by atoms with van der Waals surface area (Å²) >= 11 is 0. The number of aromatic amines is 1. The number of amides is 1. The van der Waals surface area contributed by atoms with E-state index in [1.54, 1.807) is 13.0 Å². The molecule has 0 saturated carbocycles. The number of benzene rings is 1. The maximum Gasteiger partial charge on any atom is 0.416 e. The summed E-state index contributed by atoms with van der Waals surface area (Å²) in [6, 6.07) is 6.09. The fourth-order valence-electron chi connectivity index (χ4n) is 3.23. The Balaban J connectivity index is 1.81. The molecule has 1 aromatic carbocycles. The van der Waals surface area contributed by atoms with Crippen molar-refractivity contribution in [3.8, 4) is 17.4 Å². The SMILES string of the molecule is CCc1cc(=O)[nH]c(-n2nc(-c3ccco3)cc2NC(=O)c2cc(C(F)(F)F)cc(C(F)(F)F)c2)n1. The van der Waals surface area contributed by atoms with E-state index in [-0.39, 0.29) is 29.3 Å². The molecule has 1 amide bonds. The van der Waals surface area contributed by atoms with Crippen LogP contribution in [-0.4, -0.2) is 25.7 Å². The fraction of sp³-hybridized carbons (Fsp3) is 0.182. The largest absolute Gasteiger partial charge is 0.463 e. The summed E-state index contributed by atoms with van der Waals surface area (Å²) in [5.74, 6) is -1.40. The number of alkyl halides is 6. The predicted molar refractivity (Wildman–Crippen MR) is 113 cm³/mol. The van der Waals surface area contributed by atoms with Gasteiger partial charge in [-0.25, -0.2) is 4.98 Å². The van der Waals surface area contributed by atoms with E-state index in [9.17, 15) is 35.9 Å². The van der Waals surface area contributed by atoms with Crippen molar-refractivity contribution in [1.82, 2.24) is 19.7 Å². The van der Waals surface area contributed by atoms with E-state index in [2.05, 4.69) is 20.4 Å². The smallest absolute Gasteiger partial charge is 0.416 e. The van der Waals surface area contributed by atoms with E-state index in [1.807, 2.05) is 0 Å². The zero-order valence-electron chi connectivity index (χ0n) is 18.2. The van der Waals surface area contributed by atoms with E-state index in [4.69, 9.17) is 4.42 Å². The first-order valence-corrected chi connectivity index (χ1v) is 10.2. The number of nitrogens with one attached hydrogen (secondary N) is 2. The summed E-state index contributed by atoms with van der Waals surface area (Å²) in [4.78, 5) is 31.5. The first-order chi connectivity index (χ1) is 16.8. The number of nitrogens with zero attached hydrogens (tertiary/aromatic N) is 3. The van der Waals surface area contributed by atoms with Gasteiger partial charge in [-0.2, -0.15) is 36.1 Å². The van der Waals surface area contributed by atoms with Gasteiger partial charge >= 0.3 is 12.4 Å². The zero-order valence-corrected chi connectivity index (χ0v) is 18.2. The van der Waals surface area contributed by atoms with Crippen LogP contribution in [0, 0.1) is 0 Å². The van der Waals surface area contributed by atoms with Crippen LogP contribution in [0.15, 0.2) is 57.9 Å². The molecule has 0 atom stereocenters. The Morgan fingerprint density at radius 3 is 2.28 bits per heavy atom. The molecule has 0 aliphatic rings. The monoisotopic (exact) mass is 511 g/mol. The van der Waals surface area contributed by atoms with Crippen LogP contribution in [0.4, 0.5) is 32.2 Å². The quantitative estimate of drug-likeness (QED) is 0.364. The Hall–Kier alpha value is -4.36. The third-order valence-corrected chi connectivity index (χ3v) is 4.92. The lowest BCUT2D eigenvalue weighted by Crippen LogP contribution is -2.20. The van der Waals surface area contributed by atoms with Gasteiger partial charge in [0.25, 0.3) is 11.5 Å². The Kier molecular flexibility index (Phi) is 6.20. The Bertz CT molecular complexity index is 1440. The molecular weight excluding hydrogens is 496 g/mol. The molecule has 0 unspecified atom stereocenters. The molecule has 188 valence electrons. The summed E-state index contributed by atoms with van der Waals surface area (Å²) in [7, 11) is 0. The van der Waals surface area contributed by atoms with Gasteiger partial charge in [0.2, 0.25) is 5.95 Å². The van der Waals surface area contributed by atoms with Crippen LogP contribution in [0.3, 0.4) is 0 Å². The molecular formula is C22H15F6N5O3.